The summed E-state index contributed by atoms with van der Waals surface area (Å²) in [7, 11) is 0. The fourth-order valence-corrected chi connectivity index (χ4v) is 4.47. The van der Waals surface area contributed by atoms with Gasteiger partial charge < -0.3 is 23.5 Å². The van der Waals surface area contributed by atoms with Gasteiger partial charge in [-0.15, -0.1) is 0 Å². The highest BCUT2D eigenvalue weighted by Crippen LogP contribution is 2.40. The zero-order chi connectivity index (χ0) is 21.7. The van der Waals surface area contributed by atoms with Gasteiger partial charge in [0, 0.05) is 40.9 Å². The van der Waals surface area contributed by atoms with E-state index in [0.717, 1.165) is 50.6 Å². The molecule has 6 heteroatoms. The van der Waals surface area contributed by atoms with Gasteiger partial charge in [-0.1, -0.05) is 30.3 Å². The van der Waals surface area contributed by atoms with Gasteiger partial charge in [0.15, 0.2) is 18.2 Å². The summed E-state index contributed by atoms with van der Waals surface area (Å²) in [6.45, 7) is 4.12. The van der Waals surface area contributed by atoms with E-state index in [1.54, 1.807) is 6.07 Å². The summed E-state index contributed by atoms with van der Waals surface area (Å²) in [5, 5.41) is 0.902. The first-order chi connectivity index (χ1) is 15.7. The van der Waals surface area contributed by atoms with Crippen molar-refractivity contribution in [1.82, 2.24) is 0 Å². The van der Waals surface area contributed by atoms with Crippen LogP contribution in [0.3, 0.4) is 0 Å². The predicted molar refractivity (Wildman–Crippen MR) is 122 cm³/mol. The lowest BCUT2D eigenvalue weighted by Crippen LogP contribution is -2.32. The third kappa shape index (κ3) is 3.07. The normalized spacial score (nSPS) is 14.7. The molecule has 6 rings (SSSR count). The quantitative estimate of drug-likeness (QED) is 0.424. The van der Waals surface area contributed by atoms with Crippen LogP contribution in [0.4, 0.5) is 5.69 Å². The second-order valence-corrected chi connectivity index (χ2v) is 8.01. The van der Waals surface area contributed by atoms with Crippen LogP contribution in [0.5, 0.6) is 17.2 Å². The first-order valence-corrected chi connectivity index (χ1v) is 10.6. The van der Waals surface area contributed by atoms with Crippen LogP contribution < -0.4 is 24.7 Å². The molecule has 3 heterocycles. The number of fused-ring (bicyclic) bond motifs is 3. The van der Waals surface area contributed by atoms with E-state index in [1.165, 1.54) is 0 Å². The average molecular weight is 427 g/mol. The number of anilines is 1. The maximum atomic E-state index is 12.3. The summed E-state index contributed by atoms with van der Waals surface area (Å²) in [6.07, 6.45) is 0. The molecule has 1 aromatic heterocycles. The van der Waals surface area contributed by atoms with Crippen molar-refractivity contribution in [2.75, 3.05) is 24.8 Å². The van der Waals surface area contributed by atoms with Gasteiger partial charge in [0.25, 0.3) is 0 Å². The Bertz CT molecular complexity index is 1390. The monoisotopic (exact) mass is 427 g/mol. The van der Waals surface area contributed by atoms with Crippen LogP contribution in [0.15, 0.2) is 69.9 Å². The zero-order valence-corrected chi connectivity index (χ0v) is 17.6. The number of aryl methyl sites for hydroxylation is 1. The van der Waals surface area contributed by atoms with E-state index in [4.69, 9.17) is 18.6 Å². The minimum Gasteiger partial charge on any atom is -0.486 e. The topological polar surface area (TPSA) is 61.1 Å². The van der Waals surface area contributed by atoms with Crippen LogP contribution in [0, 0.1) is 6.92 Å². The highest BCUT2D eigenvalue weighted by molar-refractivity contribution is 5.96. The lowest BCUT2D eigenvalue weighted by molar-refractivity contribution is 0.171. The van der Waals surface area contributed by atoms with E-state index in [-0.39, 0.29) is 5.63 Å². The Balaban J connectivity index is 1.45. The third-order valence-electron chi connectivity index (χ3n) is 5.99. The molecule has 4 aromatic rings. The molecule has 0 bridgehead atoms. The molecule has 160 valence electrons. The predicted octanol–water partition coefficient (Wildman–Crippen LogP) is 4.90. The molecule has 0 N–H and O–H groups in total. The summed E-state index contributed by atoms with van der Waals surface area (Å²) in [5.74, 6) is 2.30. The van der Waals surface area contributed by atoms with Gasteiger partial charge in [-0.2, -0.15) is 0 Å². The number of hydrogen-bond donors (Lipinski definition) is 0. The number of ether oxygens (including phenoxy) is 3. The molecule has 0 spiro atoms. The van der Waals surface area contributed by atoms with Crippen molar-refractivity contribution in [2.45, 2.75) is 13.5 Å². The van der Waals surface area contributed by atoms with Crippen molar-refractivity contribution in [3.05, 3.63) is 82.2 Å². The van der Waals surface area contributed by atoms with E-state index in [9.17, 15) is 4.79 Å². The maximum Gasteiger partial charge on any atom is 0.336 e. The lowest BCUT2D eigenvalue weighted by Gasteiger charge is -2.32. The zero-order valence-electron chi connectivity index (χ0n) is 17.6. The summed E-state index contributed by atoms with van der Waals surface area (Å²) >= 11 is 0. The van der Waals surface area contributed by atoms with Gasteiger partial charge in [-0.25, -0.2) is 4.79 Å². The third-order valence-corrected chi connectivity index (χ3v) is 5.99. The number of hydrogen-bond acceptors (Lipinski definition) is 6. The van der Waals surface area contributed by atoms with Gasteiger partial charge in [0.05, 0.1) is 0 Å². The van der Waals surface area contributed by atoms with Crippen LogP contribution in [0.1, 0.15) is 11.1 Å². The molecule has 0 radical (unpaired) electrons. The minimum atomic E-state index is -0.367. The Labute approximate surface area is 184 Å². The first kappa shape index (κ1) is 18.8. The second-order valence-electron chi connectivity index (χ2n) is 8.01. The van der Waals surface area contributed by atoms with Crippen LogP contribution in [0.2, 0.25) is 0 Å². The Kier molecular flexibility index (Phi) is 4.31. The minimum absolute atomic E-state index is 0.367. The van der Waals surface area contributed by atoms with E-state index >= 15 is 0 Å². The van der Waals surface area contributed by atoms with Gasteiger partial charge >= 0.3 is 5.63 Å². The van der Waals surface area contributed by atoms with Crippen molar-refractivity contribution in [1.29, 1.82) is 0 Å². The summed E-state index contributed by atoms with van der Waals surface area (Å²) in [5.41, 5.74) is 4.93. The van der Waals surface area contributed by atoms with Crippen molar-refractivity contribution >= 4 is 16.7 Å². The molecular weight excluding hydrogens is 406 g/mol. The molecule has 0 unspecified atom stereocenters. The van der Waals surface area contributed by atoms with Gasteiger partial charge in [-0.05, 0) is 36.2 Å². The molecule has 2 aliphatic heterocycles. The van der Waals surface area contributed by atoms with Crippen LogP contribution in [0.25, 0.3) is 22.1 Å². The van der Waals surface area contributed by atoms with Gasteiger partial charge in [-0.3, -0.25) is 0 Å². The van der Waals surface area contributed by atoms with Gasteiger partial charge in [0.2, 0.25) is 0 Å². The molecule has 0 aliphatic carbocycles. The molecule has 3 aromatic carbocycles. The Hall–Kier alpha value is -3.93. The van der Waals surface area contributed by atoms with Crippen molar-refractivity contribution in [3.8, 4) is 28.4 Å². The van der Waals surface area contributed by atoms with Crippen LogP contribution in [-0.2, 0) is 6.54 Å². The Morgan fingerprint density at radius 1 is 0.875 bits per heavy atom. The van der Waals surface area contributed by atoms with Crippen molar-refractivity contribution in [2.24, 2.45) is 0 Å². The summed E-state index contributed by atoms with van der Waals surface area (Å²) < 4.78 is 23.1. The van der Waals surface area contributed by atoms with Crippen molar-refractivity contribution < 1.29 is 18.6 Å². The number of nitrogens with zero attached hydrogens (tertiary/aromatic N) is 1. The number of benzene rings is 3. The number of rotatable bonds is 2. The van der Waals surface area contributed by atoms with E-state index in [1.807, 2.05) is 55.5 Å². The van der Waals surface area contributed by atoms with Crippen LogP contribution >= 0.6 is 0 Å². The fraction of sp³-hybridized carbons (Fsp3) is 0.192. The Morgan fingerprint density at radius 2 is 1.69 bits per heavy atom. The molecule has 0 amide bonds. The fourth-order valence-electron chi connectivity index (χ4n) is 4.47. The molecular formula is C26H21NO5. The summed E-state index contributed by atoms with van der Waals surface area (Å²) in [6, 6.07) is 19.5. The molecule has 32 heavy (non-hydrogen) atoms. The molecule has 0 atom stereocenters. The van der Waals surface area contributed by atoms with E-state index < -0.39 is 0 Å². The van der Waals surface area contributed by atoms with Crippen molar-refractivity contribution in [3.63, 3.8) is 0 Å². The maximum absolute atomic E-state index is 12.3. The standard InChI is InChI=1S/C26H21NO5/c1-16-25-18(11-21-20(13-24(28)32-26(16)21)17-5-3-2-4-6-17)14-27(15-31-25)19-7-8-22-23(12-19)30-10-9-29-22/h2-8,11-13H,9-10,14-15H2,1H3. The smallest absolute Gasteiger partial charge is 0.336 e. The molecule has 0 saturated carbocycles. The largest absolute Gasteiger partial charge is 0.486 e. The average Bonchev–Trinajstić information content (AvgIpc) is 2.84. The van der Waals surface area contributed by atoms with E-state index in [0.29, 0.717) is 32.1 Å². The van der Waals surface area contributed by atoms with E-state index in [2.05, 4.69) is 11.0 Å². The molecule has 6 nitrogen and oxygen atoms in total. The second kappa shape index (κ2) is 7.34. The molecule has 0 saturated heterocycles. The lowest BCUT2D eigenvalue weighted by atomic mass is 9.97. The van der Waals surface area contributed by atoms with Gasteiger partial charge in [0.1, 0.15) is 24.5 Å². The highest BCUT2D eigenvalue weighted by atomic mass is 16.6. The SMILES string of the molecule is Cc1c2c(cc3c(-c4ccccc4)cc(=O)oc13)CN(c1ccc3c(c1)OCCO3)CO2. The first-order valence-electron chi connectivity index (χ1n) is 10.6. The Morgan fingerprint density at radius 3 is 2.53 bits per heavy atom. The highest BCUT2D eigenvalue weighted by Gasteiger charge is 2.24. The molecule has 2 aliphatic rings. The molecule has 0 fully saturated rings. The van der Waals surface area contributed by atoms with Crippen LogP contribution in [-0.4, -0.2) is 19.9 Å². The summed E-state index contributed by atoms with van der Waals surface area (Å²) in [4.78, 5) is 14.5.